The Morgan fingerprint density at radius 1 is 1.47 bits per heavy atom. The Balaban J connectivity index is 1.72. The Bertz CT molecular complexity index is 512. The normalized spacial score (nSPS) is 28.6. The molecule has 3 aliphatic rings. The van der Waals surface area contributed by atoms with Crippen molar-refractivity contribution in [2.45, 2.75) is 32.4 Å². The fourth-order valence-corrected chi connectivity index (χ4v) is 2.71. The van der Waals surface area contributed by atoms with E-state index in [0.717, 1.165) is 11.1 Å². The number of likely N-dealkylation sites (tertiary alicyclic amines) is 1. The van der Waals surface area contributed by atoms with Gasteiger partial charge in [-0.2, -0.15) is 0 Å². The average molecular weight is 263 g/mol. The van der Waals surface area contributed by atoms with Gasteiger partial charge in [0.05, 0.1) is 11.6 Å². The predicted molar refractivity (Wildman–Crippen MR) is 67.3 cm³/mol. The maximum absolute atomic E-state index is 12.0. The number of nitrogens with zero attached hydrogens (tertiary/aromatic N) is 1. The van der Waals surface area contributed by atoms with Crippen LogP contribution in [0.5, 0.6) is 0 Å². The lowest BCUT2D eigenvalue weighted by Crippen LogP contribution is -2.60. The second-order valence-corrected chi connectivity index (χ2v) is 6.10. The van der Waals surface area contributed by atoms with Gasteiger partial charge in [0.1, 0.15) is 12.2 Å². The largest absolute Gasteiger partial charge is 0.457 e. The summed E-state index contributed by atoms with van der Waals surface area (Å²) >= 11 is 0. The third-order valence-electron chi connectivity index (χ3n) is 3.58. The van der Waals surface area contributed by atoms with Crippen LogP contribution in [0.2, 0.25) is 0 Å². The highest BCUT2D eigenvalue weighted by molar-refractivity contribution is 5.94. The minimum absolute atomic E-state index is 0.0701. The van der Waals surface area contributed by atoms with Crippen molar-refractivity contribution >= 4 is 12.1 Å². The van der Waals surface area contributed by atoms with Gasteiger partial charge in [-0.05, 0) is 20.8 Å². The second kappa shape index (κ2) is 3.85. The summed E-state index contributed by atoms with van der Waals surface area (Å²) in [6, 6.07) is -0.0701. The average Bonchev–Trinajstić information content (AvgIpc) is 2.58. The van der Waals surface area contributed by atoms with Gasteiger partial charge in [-0.3, -0.25) is 0 Å². The molecular weight excluding hydrogens is 246 g/mol. The van der Waals surface area contributed by atoms with Gasteiger partial charge < -0.3 is 14.4 Å². The first-order valence-corrected chi connectivity index (χ1v) is 6.45. The van der Waals surface area contributed by atoms with Crippen LogP contribution in [0.15, 0.2) is 23.3 Å². The van der Waals surface area contributed by atoms with Gasteiger partial charge in [0.25, 0.3) is 0 Å². The van der Waals surface area contributed by atoms with Gasteiger partial charge in [0, 0.05) is 18.0 Å². The van der Waals surface area contributed by atoms with Crippen LogP contribution in [-0.2, 0) is 14.3 Å². The predicted octanol–water partition coefficient (Wildman–Crippen LogP) is 1.65. The number of hydrogen-bond acceptors (Lipinski definition) is 4. The molecule has 5 nitrogen and oxygen atoms in total. The zero-order valence-corrected chi connectivity index (χ0v) is 11.3. The summed E-state index contributed by atoms with van der Waals surface area (Å²) in [7, 11) is 0. The molecule has 102 valence electrons. The molecule has 2 unspecified atom stereocenters. The molecule has 5 heteroatoms. The van der Waals surface area contributed by atoms with E-state index in [4.69, 9.17) is 9.47 Å². The summed E-state index contributed by atoms with van der Waals surface area (Å²) in [6.45, 7) is 6.41. The highest BCUT2D eigenvalue weighted by atomic mass is 16.6. The zero-order valence-electron chi connectivity index (χ0n) is 11.3. The lowest BCUT2D eigenvalue weighted by molar-refractivity contribution is -0.137. The number of ether oxygens (including phenoxy) is 2. The third-order valence-corrected chi connectivity index (χ3v) is 3.58. The highest BCUT2D eigenvalue weighted by Crippen LogP contribution is 2.40. The molecule has 1 amide bonds. The molecule has 1 saturated heterocycles. The van der Waals surface area contributed by atoms with Crippen LogP contribution in [0.1, 0.15) is 20.8 Å². The van der Waals surface area contributed by atoms with E-state index in [9.17, 15) is 9.59 Å². The number of amides is 1. The minimum Gasteiger partial charge on any atom is -0.457 e. The summed E-state index contributed by atoms with van der Waals surface area (Å²) in [5, 5.41) is 0. The lowest BCUT2D eigenvalue weighted by atomic mass is 9.77. The van der Waals surface area contributed by atoms with Crippen molar-refractivity contribution in [1.29, 1.82) is 0 Å². The van der Waals surface area contributed by atoms with E-state index < -0.39 is 5.60 Å². The van der Waals surface area contributed by atoms with Crippen LogP contribution >= 0.6 is 0 Å². The molecule has 0 aromatic carbocycles. The summed E-state index contributed by atoms with van der Waals surface area (Å²) in [5.74, 6) is -0.166. The van der Waals surface area contributed by atoms with Gasteiger partial charge in [0.15, 0.2) is 0 Å². The van der Waals surface area contributed by atoms with Crippen LogP contribution < -0.4 is 0 Å². The summed E-state index contributed by atoms with van der Waals surface area (Å²) in [5.41, 5.74) is 1.19. The molecule has 2 aliphatic heterocycles. The molecule has 0 N–H and O–H groups in total. The Labute approximate surface area is 111 Å². The van der Waals surface area contributed by atoms with Crippen LogP contribution in [0.25, 0.3) is 0 Å². The topological polar surface area (TPSA) is 55.8 Å². The number of rotatable bonds is 0. The number of carbonyl (C=O) groups is 2. The van der Waals surface area contributed by atoms with Crippen molar-refractivity contribution in [3.05, 3.63) is 23.3 Å². The van der Waals surface area contributed by atoms with E-state index in [-0.39, 0.29) is 24.0 Å². The zero-order chi connectivity index (χ0) is 13.8. The number of fused-ring (bicyclic) bond motifs is 2. The molecule has 3 rings (SSSR count). The number of carbonyl (C=O) groups excluding carboxylic acids is 2. The molecule has 0 bridgehead atoms. The smallest absolute Gasteiger partial charge is 0.410 e. The van der Waals surface area contributed by atoms with E-state index in [0.29, 0.717) is 13.2 Å². The Hall–Kier alpha value is -1.78. The molecule has 0 saturated carbocycles. The van der Waals surface area contributed by atoms with E-state index in [1.165, 1.54) is 0 Å². The van der Waals surface area contributed by atoms with Crippen LogP contribution in [0.4, 0.5) is 4.79 Å². The first kappa shape index (κ1) is 12.3. The molecule has 2 atom stereocenters. The van der Waals surface area contributed by atoms with Gasteiger partial charge in [0.2, 0.25) is 0 Å². The lowest BCUT2D eigenvalue weighted by Gasteiger charge is -2.47. The van der Waals surface area contributed by atoms with Gasteiger partial charge in [-0.1, -0.05) is 12.2 Å². The highest BCUT2D eigenvalue weighted by Gasteiger charge is 2.49. The van der Waals surface area contributed by atoms with Crippen molar-refractivity contribution in [3.63, 3.8) is 0 Å². The quantitative estimate of drug-likeness (QED) is 0.623. The fraction of sp³-hybridized carbons (Fsp3) is 0.571. The van der Waals surface area contributed by atoms with Crippen molar-refractivity contribution < 1.29 is 19.1 Å². The molecule has 0 aromatic rings. The Kier molecular flexibility index (Phi) is 2.49. The van der Waals surface area contributed by atoms with Crippen LogP contribution in [0, 0.1) is 5.92 Å². The summed E-state index contributed by atoms with van der Waals surface area (Å²) < 4.78 is 10.4. The first-order chi connectivity index (χ1) is 8.87. The minimum atomic E-state index is -0.503. The van der Waals surface area contributed by atoms with E-state index in [2.05, 4.69) is 0 Å². The van der Waals surface area contributed by atoms with E-state index in [1.54, 1.807) is 4.90 Å². The second-order valence-electron chi connectivity index (χ2n) is 6.10. The van der Waals surface area contributed by atoms with Crippen molar-refractivity contribution in [2.75, 3.05) is 13.2 Å². The van der Waals surface area contributed by atoms with Gasteiger partial charge >= 0.3 is 12.1 Å². The van der Waals surface area contributed by atoms with Crippen LogP contribution in [0.3, 0.4) is 0 Å². The first-order valence-electron chi connectivity index (χ1n) is 6.45. The Morgan fingerprint density at radius 3 is 2.89 bits per heavy atom. The van der Waals surface area contributed by atoms with Gasteiger partial charge in [-0.15, -0.1) is 0 Å². The molecule has 1 fully saturated rings. The monoisotopic (exact) mass is 263 g/mol. The molecule has 19 heavy (non-hydrogen) atoms. The Morgan fingerprint density at radius 2 is 2.21 bits per heavy atom. The standard InChI is InChI=1S/C14H17NO4/c1-14(2,3)19-13(17)15-6-9-10(15)5-4-8-7-18-12(16)11(8)9/h4-5,9-10H,6-7H2,1-3H3. The van der Waals surface area contributed by atoms with Crippen molar-refractivity contribution in [1.82, 2.24) is 4.90 Å². The molecule has 2 heterocycles. The number of hydrogen-bond donors (Lipinski definition) is 0. The maximum atomic E-state index is 12.0. The molecular formula is C14H17NO4. The van der Waals surface area contributed by atoms with E-state index >= 15 is 0 Å². The molecule has 0 aromatic heterocycles. The number of esters is 1. The summed E-state index contributed by atoms with van der Waals surface area (Å²) in [4.78, 5) is 25.3. The summed E-state index contributed by atoms with van der Waals surface area (Å²) in [6.07, 6.45) is 3.52. The maximum Gasteiger partial charge on any atom is 0.410 e. The fourth-order valence-electron chi connectivity index (χ4n) is 2.71. The molecule has 0 spiro atoms. The van der Waals surface area contributed by atoms with Crippen LogP contribution in [-0.4, -0.2) is 41.8 Å². The molecule has 0 radical (unpaired) electrons. The SMILES string of the molecule is CC(C)(C)OC(=O)N1CC2C3=C(C=CC21)COC3=O. The molecule has 1 aliphatic carbocycles. The van der Waals surface area contributed by atoms with Gasteiger partial charge in [-0.25, -0.2) is 9.59 Å². The number of cyclic esters (lactones) is 1. The van der Waals surface area contributed by atoms with Crippen molar-refractivity contribution in [3.8, 4) is 0 Å². The van der Waals surface area contributed by atoms with Crippen molar-refractivity contribution in [2.24, 2.45) is 5.92 Å². The third kappa shape index (κ3) is 1.93. The van der Waals surface area contributed by atoms with E-state index in [1.807, 2.05) is 32.9 Å².